The number of rotatable bonds is 18. The number of amides is 4. The fourth-order valence-corrected chi connectivity index (χ4v) is 4.49. The van der Waals surface area contributed by atoms with Crippen LogP contribution in [0.3, 0.4) is 0 Å². The number of hydrogen-bond acceptors (Lipinski definition) is 9. The summed E-state index contributed by atoms with van der Waals surface area (Å²) in [6, 6.07) is 16.6. The molecule has 0 saturated carbocycles. The lowest BCUT2D eigenvalue weighted by molar-refractivity contribution is -0.147. The van der Waals surface area contributed by atoms with Gasteiger partial charge in [0.05, 0.1) is 37.6 Å². The van der Waals surface area contributed by atoms with Crippen molar-refractivity contribution in [3.63, 3.8) is 0 Å². The topological polar surface area (TPSA) is 192 Å². The molecule has 0 saturated heterocycles. The highest BCUT2D eigenvalue weighted by Gasteiger charge is 2.27. The molecule has 0 aliphatic heterocycles. The van der Waals surface area contributed by atoms with Gasteiger partial charge in [-0.25, -0.2) is 4.79 Å². The fourth-order valence-electron chi connectivity index (χ4n) is 4.49. The number of carbonyl (C=O) groups excluding carboxylic acids is 5. The van der Waals surface area contributed by atoms with Gasteiger partial charge in [-0.3, -0.25) is 19.2 Å². The van der Waals surface area contributed by atoms with Crippen molar-refractivity contribution in [2.75, 3.05) is 19.7 Å². The second-order valence-electron chi connectivity index (χ2n) is 12.2. The fraction of sp³-hybridized carbons (Fsp3) is 0.457. The van der Waals surface area contributed by atoms with Gasteiger partial charge in [0.1, 0.15) is 11.6 Å². The largest absolute Gasteiger partial charge is 0.452 e. The molecule has 0 bridgehead atoms. The molecular weight excluding hydrogens is 620 g/mol. The van der Waals surface area contributed by atoms with Gasteiger partial charge in [-0.1, -0.05) is 73.7 Å². The molecule has 0 spiro atoms. The Labute approximate surface area is 281 Å². The molecule has 0 radical (unpaired) electrons. The maximum Gasteiger partial charge on any atom is 0.408 e. The standard InChI is InChI=1S/C35H48N4O9/c1-6-13-27(39-34(46)48-35(3,4)5)33(45)37-21-29(42)38-26(22-40)20-28(41)23(2)32(44)36-19-18-30(43)47-31(24-14-9-7-10-15-24)25-16-11-8-12-17-25/h6-12,14-17,23,26-28,31,40-41H,1,13,18-22H2,2-5H3,(H,36,44)(H,37,45)(H,38,42)(H,39,46)/t23?,26-,27?,28?/m1/s1. The third kappa shape index (κ3) is 14.3. The molecule has 3 unspecified atom stereocenters. The molecular formula is C35H48N4O9. The van der Waals surface area contributed by atoms with Crippen molar-refractivity contribution in [1.29, 1.82) is 0 Å². The van der Waals surface area contributed by atoms with E-state index in [0.717, 1.165) is 11.1 Å². The van der Waals surface area contributed by atoms with Crippen LogP contribution in [0.15, 0.2) is 73.3 Å². The van der Waals surface area contributed by atoms with Crippen LogP contribution in [-0.4, -0.2) is 83.5 Å². The monoisotopic (exact) mass is 668 g/mol. The van der Waals surface area contributed by atoms with Crippen LogP contribution in [0.4, 0.5) is 4.79 Å². The molecule has 0 heterocycles. The van der Waals surface area contributed by atoms with Crippen molar-refractivity contribution in [2.24, 2.45) is 5.92 Å². The number of benzene rings is 2. The third-order valence-electron chi connectivity index (χ3n) is 7.02. The van der Waals surface area contributed by atoms with E-state index < -0.39 is 78.7 Å². The Morgan fingerprint density at radius 2 is 1.48 bits per heavy atom. The summed E-state index contributed by atoms with van der Waals surface area (Å²) in [6.45, 7) is 9.03. The second-order valence-corrected chi connectivity index (χ2v) is 12.2. The van der Waals surface area contributed by atoms with Crippen molar-refractivity contribution in [1.82, 2.24) is 21.3 Å². The van der Waals surface area contributed by atoms with E-state index in [1.54, 1.807) is 20.8 Å². The lowest BCUT2D eigenvalue weighted by atomic mass is 9.97. The Morgan fingerprint density at radius 1 is 0.896 bits per heavy atom. The van der Waals surface area contributed by atoms with Gasteiger partial charge in [0.25, 0.3) is 0 Å². The van der Waals surface area contributed by atoms with Crippen molar-refractivity contribution < 1.29 is 43.7 Å². The van der Waals surface area contributed by atoms with E-state index >= 15 is 0 Å². The van der Waals surface area contributed by atoms with Gasteiger partial charge >= 0.3 is 12.1 Å². The van der Waals surface area contributed by atoms with Gasteiger partial charge in [-0.15, -0.1) is 6.58 Å². The van der Waals surface area contributed by atoms with Gasteiger partial charge in [0, 0.05) is 6.54 Å². The van der Waals surface area contributed by atoms with Gasteiger partial charge in [0.15, 0.2) is 6.10 Å². The minimum atomic E-state index is -1.25. The molecule has 0 aliphatic rings. The maximum absolute atomic E-state index is 12.7. The molecule has 6 N–H and O–H groups in total. The molecule has 2 rings (SSSR count). The molecule has 13 nitrogen and oxygen atoms in total. The van der Waals surface area contributed by atoms with E-state index in [-0.39, 0.29) is 25.8 Å². The average Bonchev–Trinajstić information content (AvgIpc) is 3.05. The van der Waals surface area contributed by atoms with Crippen LogP contribution < -0.4 is 21.3 Å². The smallest absolute Gasteiger partial charge is 0.408 e. The molecule has 0 aliphatic carbocycles. The van der Waals surface area contributed by atoms with Crippen LogP contribution in [0.5, 0.6) is 0 Å². The Kier molecular flexibility index (Phi) is 16.3. The SMILES string of the molecule is C=CCC(NC(=O)OC(C)(C)C)C(=O)NCC(=O)N[C@@H](CO)CC(O)C(C)C(=O)NCCC(=O)OC(c1ccccc1)c1ccccc1. The van der Waals surface area contributed by atoms with Gasteiger partial charge in [-0.05, 0) is 44.7 Å². The number of hydrogen-bond donors (Lipinski definition) is 6. The van der Waals surface area contributed by atoms with E-state index in [1.807, 2.05) is 60.7 Å². The Hall–Kier alpha value is -4.75. The van der Waals surface area contributed by atoms with Crippen LogP contribution in [0.1, 0.15) is 64.2 Å². The first-order valence-electron chi connectivity index (χ1n) is 15.8. The van der Waals surface area contributed by atoms with Crippen LogP contribution in [0.25, 0.3) is 0 Å². The first-order chi connectivity index (χ1) is 22.7. The first kappa shape index (κ1) is 39.4. The summed E-state index contributed by atoms with van der Waals surface area (Å²) < 4.78 is 10.9. The van der Waals surface area contributed by atoms with Gasteiger partial charge in [-0.2, -0.15) is 0 Å². The summed E-state index contributed by atoms with van der Waals surface area (Å²) >= 11 is 0. The number of ether oxygens (including phenoxy) is 2. The summed E-state index contributed by atoms with van der Waals surface area (Å²) in [5.41, 5.74) is 0.834. The summed E-state index contributed by atoms with van der Waals surface area (Å²) in [6.07, 6.45) is -1.42. The predicted molar refractivity (Wildman–Crippen MR) is 178 cm³/mol. The van der Waals surface area contributed by atoms with Crippen LogP contribution >= 0.6 is 0 Å². The van der Waals surface area contributed by atoms with Crippen LogP contribution in [0.2, 0.25) is 0 Å². The van der Waals surface area contributed by atoms with Crippen molar-refractivity contribution in [2.45, 2.75) is 76.9 Å². The molecule has 0 fully saturated rings. The molecule has 2 aromatic carbocycles. The van der Waals surface area contributed by atoms with Crippen molar-refractivity contribution in [3.8, 4) is 0 Å². The second kappa shape index (κ2) is 19.8. The van der Waals surface area contributed by atoms with Crippen LogP contribution in [0, 0.1) is 5.92 Å². The number of aliphatic hydroxyl groups excluding tert-OH is 2. The Morgan fingerprint density at radius 3 is 2.00 bits per heavy atom. The Balaban J connectivity index is 1.81. The maximum atomic E-state index is 12.7. The molecule has 48 heavy (non-hydrogen) atoms. The predicted octanol–water partition coefficient (Wildman–Crippen LogP) is 2.28. The molecule has 2 aromatic rings. The van der Waals surface area contributed by atoms with Crippen LogP contribution in [-0.2, 0) is 28.7 Å². The van der Waals surface area contributed by atoms with Gasteiger partial charge in [0.2, 0.25) is 17.7 Å². The van der Waals surface area contributed by atoms with Crippen molar-refractivity contribution in [3.05, 3.63) is 84.4 Å². The lowest BCUT2D eigenvalue weighted by Crippen LogP contribution is -2.51. The van der Waals surface area contributed by atoms with E-state index in [9.17, 15) is 34.2 Å². The van der Waals surface area contributed by atoms with E-state index in [2.05, 4.69) is 27.8 Å². The highest BCUT2D eigenvalue weighted by Crippen LogP contribution is 2.26. The quantitative estimate of drug-likeness (QED) is 0.102. The number of alkyl carbamates (subject to hydrolysis) is 1. The zero-order valence-electron chi connectivity index (χ0n) is 27.9. The minimum absolute atomic E-state index is 0.0273. The first-order valence-corrected chi connectivity index (χ1v) is 15.8. The zero-order valence-corrected chi connectivity index (χ0v) is 27.9. The normalized spacial score (nSPS) is 13.6. The number of esters is 1. The molecule has 4 atom stereocenters. The van der Waals surface area contributed by atoms with E-state index in [1.165, 1.54) is 13.0 Å². The zero-order chi connectivity index (χ0) is 35.7. The van der Waals surface area contributed by atoms with E-state index in [0.29, 0.717) is 0 Å². The average molecular weight is 669 g/mol. The third-order valence-corrected chi connectivity index (χ3v) is 7.02. The number of aliphatic hydroxyl groups is 2. The van der Waals surface area contributed by atoms with E-state index in [4.69, 9.17) is 9.47 Å². The Bertz CT molecular complexity index is 1310. The lowest BCUT2D eigenvalue weighted by Gasteiger charge is -2.24. The van der Waals surface area contributed by atoms with Gasteiger partial charge < -0.3 is 41.0 Å². The number of carbonyl (C=O) groups is 5. The van der Waals surface area contributed by atoms with Crippen molar-refractivity contribution >= 4 is 29.8 Å². The highest BCUT2D eigenvalue weighted by molar-refractivity contribution is 5.89. The summed E-state index contributed by atoms with van der Waals surface area (Å²) in [5.74, 6) is -3.30. The molecule has 262 valence electrons. The summed E-state index contributed by atoms with van der Waals surface area (Å²) in [5, 5.41) is 30.4. The minimum Gasteiger partial charge on any atom is -0.452 e. The highest BCUT2D eigenvalue weighted by atomic mass is 16.6. The molecule has 4 amide bonds. The summed E-state index contributed by atoms with van der Waals surface area (Å²) in [7, 11) is 0. The summed E-state index contributed by atoms with van der Waals surface area (Å²) in [4.78, 5) is 62.5. The number of nitrogens with one attached hydrogen (secondary N) is 4. The molecule has 0 aromatic heterocycles. The molecule has 13 heteroatoms.